The van der Waals surface area contributed by atoms with E-state index < -0.39 is 0 Å². The Morgan fingerprint density at radius 3 is 2.48 bits per heavy atom. The minimum Gasteiger partial charge on any atom is -0.335 e. The number of likely N-dealkylation sites (tertiary alicyclic amines) is 2. The van der Waals surface area contributed by atoms with Crippen LogP contribution in [0.1, 0.15) is 32.6 Å². The number of amides is 2. The summed E-state index contributed by atoms with van der Waals surface area (Å²) in [5.74, 6) is -0.0726. The molecule has 2 aliphatic heterocycles. The second kappa shape index (κ2) is 6.60. The Bertz CT molecular complexity index is 414. The van der Waals surface area contributed by atoms with Crippen LogP contribution in [0.5, 0.6) is 0 Å². The highest BCUT2D eigenvalue weighted by atomic mass is 16.2. The molecule has 0 bridgehead atoms. The third-order valence-corrected chi connectivity index (χ3v) is 5.01. The van der Waals surface area contributed by atoms with Crippen LogP contribution in [0.4, 0.5) is 0 Å². The van der Waals surface area contributed by atoms with Gasteiger partial charge < -0.3 is 14.7 Å². The van der Waals surface area contributed by atoms with Gasteiger partial charge in [0.1, 0.15) is 6.54 Å². The maximum absolute atomic E-state index is 12.7. The summed E-state index contributed by atoms with van der Waals surface area (Å²) in [6.07, 6.45) is 5.57. The van der Waals surface area contributed by atoms with Gasteiger partial charge in [0, 0.05) is 31.7 Å². The van der Waals surface area contributed by atoms with Gasteiger partial charge in [0.2, 0.25) is 11.8 Å². The van der Waals surface area contributed by atoms with Gasteiger partial charge in [0.05, 0.1) is 0 Å². The van der Waals surface area contributed by atoms with Crippen molar-refractivity contribution in [2.45, 2.75) is 38.1 Å². The molecule has 5 heteroatoms. The molecule has 118 valence electrons. The molecule has 5 nitrogen and oxygen atoms in total. The second-order valence-electron chi connectivity index (χ2n) is 6.23. The zero-order chi connectivity index (χ0) is 15.5. The van der Waals surface area contributed by atoms with E-state index in [1.54, 1.807) is 4.90 Å². The highest BCUT2D eigenvalue weighted by Gasteiger charge is 2.44. The van der Waals surface area contributed by atoms with E-state index in [4.69, 9.17) is 0 Å². The molecule has 21 heavy (non-hydrogen) atoms. The molecule has 2 amide bonds. The molecule has 2 aliphatic rings. The molecule has 2 heterocycles. The Labute approximate surface area is 127 Å². The van der Waals surface area contributed by atoms with Crippen LogP contribution in [0.25, 0.3) is 0 Å². The summed E-state index contributed by atoms with van der Waals surface area (Å²) in [7, 11) is 2.13. The van der Waals surface area contributed by atoms with Crippen molar-refractivity contribution < 1.29 is 9.59 Å². The molecule has 0 N–H and O–H groups in total. The predicted molar refractivity (Wildman–Crippen MR) is 82.9 cm³/mol. The van der Waals surface area contributed by atoms with Gasteiger partial charge in [-0.15, -0.1) is 0 Å². The molecule has 2 saturated heterocycles. The molecular weight excluding hydrogens is 266 g/mol. The zero-order valence-corrected chi connectivity index (χ0v) is 13.3. The average molecular weight is 293 g/mol. The lowest BCUT2D eigenvalue weighted by atomic mass is 9.85. The van der Waals surface area contributed by atoms with Gasteiger partial charge in [0.25, 0.3) is 0 Å². The van der Waals surface area contributed by atoms with Crippen molar-refractivity contribution >= 4 is 11.8 Å². The van der Waals surface area contributed by atoms with E-state index in [2.05, 4.69) is 23.4 Å². The van der Waals surface area contributed by atoms with Crippen molar-refractivity contribution in [2.24, 2.45) is 0 Å². The highest BCUT2D eigenvalue weighted by Crippen LogP contribution is 2.38. The van der Waals surface area contributed by atoms with Crippen LogP contribution >= 0.6 is 0 Å². The van der Waals surface area contributed by atoms with E-state index >= 15 is 0 Å². The molecule has 2 fully saturated rings. The van der Waals surface area contributed by atoms with E-state index in [1.165, 1.54) is 6.08 Å². The van der Waals surface area contributed by atoms with Crippen LogP contribution in [-0.4, -0.2) is 71.8 Å². The Balaban J connectivity index is 2.04. The first kappa shape index (κ1) is 16.0. The van der Waals surface area contributed by atoms with Crippen molar-refractivity contribution in [1.29, 1.82) is 0 Å². The molecule has 0 aromatic rings. The minimum absolute atomic E-state index is 0.0419. The molecule has 0 atom stereocenters. The molecule has 0 radical (unpaired) electrons. The summed E-state index contributed by atoms with van der Waals surface area (Å²) in [5, 5.41) is 0. The fraction of sp³-hybridized carbons (Fsp3) is 0.750. The molecule has 0 aromatic heterocycles. The number of likely N-dealkylation sites (N-methyl/N-ethyl adjacent to an activating group) is 1. The van der Waals surface area contributed by atoms with Crippen LogP contribution in [0.2, 0.25) is 0 Å². The average Bonchev–Trinajstić information content (AvgIpc) is 2.90. The fourth-order valence-electron chi connectivity index (χ4n) is 3.61. The third-order valence-electron chi connectivity index (χ3n) is 5.01. The highest BCUT2D eigenvalue weighted by molar-refractivity contribution is 5.91. The van der Waals surface area contributed by atoms with E-state index in [1.807, 2.05) is 6.92 Å². The Morgan fingerprint density at radius 2 is 1.90 bits per heavy atom. The van der Waals surface area contributed by atoms with Gasteiger partial charge >= 0.3 is 0 Å². The number of carbonyl (C=O) groups excluding carboxylic acids is 2. The van der Waals surface area contributed by atoms with Gasteiger partial charge in [-0.2, -0.15) is 0 Å². The molecule has 0 unspecified atom stereocenters. The first-order valence-electron chi connectivity index (χ1n) is 7.93. The topological polar surface area (TPSA) is 43.9 Å². The molecule has 0 aromatic carbocycles. The lowest BCUT2D eigenvalue weighted by molar-refractivity contribution is -0.142. The van der Waals surface area contributed by atoms with E-state index in [-0.39, 0.29) is 23.9 Å². The summed E-state index contributed by atoms with van der Waals surface area (Å²) in [6, 6.07) is 0. The minimum atomic E-state index is -0.164. The molecule has 1 spiro atoms. The smallest absolute Gasteiger partial charge is 0.246 e. The molecule has 0 saturated carbocycles. The van der Waals surface area contributed by atoms with Crippen molar-refractivity contribution in [3.8, 4) is 0 Å². The van der Waals surface area contributed by atoms with Crippen LogP contribution in [0.15, 0.2) is 12.7 Å². The molecule has 0 aliphatic carbocycles. The van der Waals surface area contributed by atoms with Gasteiger partial charge in [-0.3, -0.25) is 9.59 Å². The van der Waals surface area contributed by atoms with Crippen molar-refractivity contribution in [1.82, 2.24) is 14.7 Å². The maximum Gasteiger partial charge on any atom is 0.246 e. The summed E-state index contributed by atoms with van der Waals surface area (Å²) in [6.45, 7) is 9.05. The second-order valence-corrected chi connectivity index (χ2v) is 6.23. The summed E-state index contributed by atoms with van der Waals surface area (Å²) in [4.78, 5) is 30.4. The zero-order valence-electron chi connectivity index (χ0n) is 13.3. The number of carbonyl (C=O) groups is 2. The van der Waals surface area contributed by atoms with Gasteiger partial charge in [-0.1, -0.05) is 6.58 Å². The summed E-state index contributed by atoms with van der Waals surface area (Å²) >= 11 is 0. The largest absolute Gasteiger partial charge is 0.335 e. The SMILES string of the molecule is C=CC(=O)N(CC)CC(=O)N1CCCC12CCN(C)CC2. The quantitative estimate of drug-likeness (QED) is 0.729. The normalized spacial score (nSPS) is 21.5. The number of piperidine rings is 1. The van der Waals surface area contributed by atoms with Crippen LogP contribution in [0, 0.1) is 0 Å². The molecule has 2 rings (SSSR count). The number of hydrogen-bond donors (Lipinski definition) is 0. The number of nitrogens with zero attached hydrogens (tertiary/aromatic N) is 3. The summed E-state index contributed by atoms with van der Waals surface area (Å²) < 4.78 is 0. The fourth-order valence-corrected chi connectivity index (χ4v) is 3.61. The third kappa shape index (κ3) is 3.28. The van der Waals surface area contributed by atoms with Crippen molar-refractivity contribution in [3.05, 3.63) is 12.7 Å². The first-order valence-corrected chi connectivity index (χ1v) is 7.93. The van der Waals surface area contributed by atoms with E-state index in [0.717, 1.165) is 45.3 Å². The summed E-state index contributed by atoms with van der Waals surface area (Å²) in [5.41, 5.74) is 0.0419. The van der Waals surface area contributed by atoms with E-state index in [9.17, 15) is 9.59 Å². The number of hydrogen-bond acceptors (Lipinski definition) is 3. The van der Waals surface area contributed by atoms with Crippen LogP contribution < -0.4 is 0 Å². The van der Waals surface area contributed by atoms with Crippen molar-refractivity contribution in [2.75, 3.05) is 39.8 Å². The monoisotopic (exact) mass is 293 g/mol. The molecular formula is C16H27N3O2. The van der Waals surface area contributed by atoms with Gasteiger partial charge in [0.15, 0.2) is 0 Å². The van der Waals surface area contributed by atoms with Crippen LogP contribution in [-0.2, 0) is 9.59 Å². The Hall–Kier alpha value is -1.36. The van der Waals surface area contributed by atoms with Crippen LogP contribution in [0.3, 0.4) is 0 Å². The van der Waals surface area contributed by atoms with Gasteiger partial charge in [-0.25, -0.2) is 0 Å². The maximum atomic E-state index is 12.7. The Kier molecular flexibility index (Phi) is 5.04. The van der Waals surface area contributed by atoms with Crippen molar-refractivity contribution in [3.63, 3.8) is 0 Å². The lowest BCUT2D eigenvalue weighted by Crippen LogP contribution is -2.55. The predicted octanol–water partition coefficient (Wildman–Crippen LogP) is 1.11. The number of rotatable bonds is 4. The van der Waals surface area contributed by atoms with Gasteiger partial charge in [-0.05, 0) is 45.7 Å². The Morgan fingerprint density at radius 1 is 1.24 bits per heavy atom. The van der Waals surface area contributed by atoms with E-state index in [0.29, 0.717) is 6.54 Å². The standard InChI is InChI=1S/C16H27N3O2/c1-4-14(20)18(5-2)13-15(21)19-10-6-7-16(19)8-11-17(3)12-9-16/h4H,1,5-13H2,2-3H3. The first-order chi connectivity index (χ1) is 10.0. The lowest BCUT2D eigenvalue weighted by Gasteiger charge is -2.44.